The van der Waals surface area contributed by atoms with Crippen molar-refractivity contribution in [2.24, 2.45) is 11.3 Å². The van der Waals surface area contributed by atoms with E-state index in [0.29, 0.717) is 12.8 Å². The predicted molar refractivity (Wildman–Crippen MR) is 71.9 cm³/mol. The second-order valence-electron chi connectivity index (χ2n) is 6.27. The van der Waals surface area contributed by atoms with Crippen molar-refractivity contribution in [1.29, 1.82) is 0 Å². The third-order valence-corrected chi connectivity index (χ3v) is 3.83. The van der Waals surface area contributed by atoms with E-state index in [-0.39, 0.29) is 17.1 Å². The summed E-state index contributed by atoms with van der Waals surface area (Å²) in [7, 11) is -3.54. The third-order valence-electron chi connectivity index (χ3n) is 2.45. The predicted octanol–water partition coefficient (Wildman–Crippen LogP) is 1.84. The van der Waals surface area contributed by atoms with Gasteiger partial charge in [0.15, 0.2) is 0 Å². The maximum Gasteiger partial charge on any atom is 0.321 e. The summed E-state index contributed by atoms with van der Waals surface area (Å²) >= 11 is 0. The highest BCUT2D eigenvalue weighted by Crippen LogP contribution is 2.19. The molecule has 0 fully saturated rings. The van der Waals surface area contributed by atoms with Gasteiger partial charge in [0.05, 0.1) is 5.75 Å². The molecule has 5 nitrogen and oxygen atoms in total. The molecular formula is C12H25NO4S. The van der Waals surface area contributed by atoms with Crippen LogP contribution >= 0.6 is 0 Å². The Bertz CT molecular complexity index is 368. The molecule has 0 aromatic rings. The highest BCUT2D eigenvalue weighted by atomic mass is 32.2. The van der Waals surface area contributed by atoms with Gasteiger partial charge in [0, 0.05) is 0 Å². The van der Waals surface area contributed by atoms with E-state index in [4.69, 9.17) is 5.11 Å². The number of carboxylic acids is 1. The topological polar surface area (TPSA) is 83.5 Å². The van der Waals surface area contributed by atoms with Gasteiger partial charge in [0.25, 0.3) is 0 Å². The van der Waals surface area contributed by atoms with Crippen molar-refractivity contribution in [3.05, 3.63) is 0 Å². The van der Waals surface area contributed by atoms with Crippen LogP contribution in [0.3, 0.4) is 0 Å². The van der Waals surface area contributed by atoms with Crippen LogP contribution in [0, 0.1) is 11.3 Å². The first kappa shape index (κ1) is 17.4. The van der Waals surface area contributed by atoms with E-state index in [1.54, 1.807) is 0 Å². The summed E-state index contributed by atoms with van der Waals surface area (Å²) in [5.74, 6) is -1.04. The lowest BCUT2D eigenvalue weighted by atomic mass is 9.94. The summed E-state index contributed by atoms with van der Waals surface area (Å²) in [6.07, 6.45) is 0.792. The number of rotatable bonds is 7. The van der Waals surface area contributed by atoms with Gasteiger partial charge < -0.3 is 5.11 Å². The summed E-state index contributed by atoms with van der Waals surface area (Å²) in [5.41, 5.74) is -0.0917. The summed E-state index contributed by atoms with van der Waals surface area (Å²) in [5, 5.41) is 8.99. The van der Waals surface area contributed by atoms with Crippen molar-refractivity contribution >= 4 is 16.0 Å². The van der Waals surface area contributed by atoms with Crippen LogP contribution in [0.2, 0.25) is 0 Å². The van der Waals surface area contributed by atoms with Gasteiger partial charge in [-0.3, -0.25) is 4.79 Å². The molecule has 18 heavy (non-hydrogen) atoms. The minimum atomic E-state index is -3.54. The zero-order valence-electron chi connectivity index (χ0n) is 11.9. The molecule has 0 aliphatic carbocycles. The van der Waals surface area contributed by atoms with E-state index in [1.165, 1.54) is 0 Å². The minimum Gasteiger partial charge on any atom is -0.480 e. The number of hydrogen-bond acceptors (Lipinski definition) is 3. The van der Waals surface area contributed by atoms with Crippen molar-refractivity contribution in [2.75, 3.05) is 5.75 Å². The Morgan fingerprint density at radius 3 is 2.11 bits per heavy atom. The average Bonchev–Trinajstić information content (AvgIpc) is 2.11. The van der Waals surface area contributed by atoms with Crippen molar-refractivity contribution in [2.45, 2.75) is 53.5 Å². The highest BCUT2D eigenvalue weighted by Gasteiger charge is 2.25. The van der Waals surface area contributed by atoms with Crippen LogP contribution in [0.1, 0.15) is 47.5 Å². The second-order valence-corrected chi connectivity index (χ2v) is 8.14. The molecule has 0 aliphatic rings. The molecule has 0 radical (unpaired) electrons. The molecule has 0 amide bonds. The number of hydrogen-bond donors (Lipinski definition) is 2. The summed E-state index contributed by atoms with van der Waals surface area (Å²) in [6, 6.07) is -1.03. The van der Waals surface area contributed by atoms with Gasteiger partial charge in [0.1, 0.15) is 6.04 Å². The van der Waals surface area contributed by atoms with Crippen molar-refractivity contribution in [3.63, 3.8) is 0 Å². The van der Waals surface area contributed by atoms with Crippen LogP contribution in [0.4, 0.5) is 0 Å². The molecule has 0 unspecified atom stereocenters. The number of sulfonamides is 1. The van der Waals surface area contributed by atoms with Crippen LogP contribution in [-0.2, 0) is 14.8 Å². The molecule has 0 aliphatic heterocycles. The molecule has 0 rings (SSSR count). The highest BCUT2D eigenvalue weighted by molar-refractivity contribution is 7.89. The van der Waals surface area contributed by atoms with Crippen LogP contribution in [0.25, 0.3) is 0 Å². The largest absolute Gasteiger partial charge is 0.480 e. The molecule has 0 saturated heterocycles. The lowest BCUT2D eigenvalue weighted by Gasteiger charge is -2.20. The van der Waals surface area contributed by atoms with E-state index < -0.39 is 22.0 Å². The van der Waals surface area contributed by atoms with Gasteiger partial charge in [-0.25, -0.2) is 13.1 Å². The fraction of sp³-hybridized carbons (Fsp3) is 0.917. The monoisotopic (exact) mass is 279 g/mol. The first-order valence-corrected chi connectivity index (χ1v) is 7.81. The maximum atomic E-state index is 11.8. The maximum absolute atomic E-state index is 11.8. The Labute approximate surface area is 110 Å². The SMILES string of the molecule is CC(C)C[C@@H](NS(=O)(=O)CCC(C)(C)C)C(=O)O. The van der Waals surface area contributed by atoms with Gasteiger partial charge >= 0.3 is 5.97 Å². The number of carboxylic acid groups (broad SMARTS) is 1. The van der Waals surface area contributed by atoms with Gasteiger partial charge in [-0.1, -0.05) is 34.6 Å². The van der Waals surface area contributed by atoms with E-state index in [2.05, 4.69) is 4.72 Å². The molecule has 0 bridgehead atoms. The molecule has 6 heteroatoms. The van der Waals surface area contributed by atoms with Gasteiger partial charge in [-0.05, 0) is 24.2 Å². The molecule has 0 spiro atoms. The minimum absolute atomic E-state index is 0.0433. The van der Waals surface area contributed by atoms with Crippen LogP contribution in [0.15, 0.2) is 0 Å². The Kier molecular flexibility index (Phi) is 6.29. The zero-order chi connectivity index (χ0) is 14.6. The molecule has 0 aromatic carbocycles. The van der Waals surface area contributed by atoms with Crippen LogP contribution in [-0.4, -0.2) is 31.3 Å². The summed E-state index contributed by atoms with van der Waals surface area (Å²) in [4.78, 5) is 11.0. The lowest BCUT2D eigenvalue weighted by molar-refractivity contribution is -0.139. The van der Waals surface area contributed by atoms with Crippen molar-refractivity contribution in [1.82, 2.24) is 4.72 Å². The molecule has 0 saturated carbocycles. The van der Waals surface area contributed by atoms with Gasteiger partial charge in [-0.2, -0.15) is 0 Å². The van der Waals surface area contributed by atoms with Gasteiger partial charge in [0.2, 0.25) is 10.0 Å². The third kappa shape index (κ3) is 8.47. The molecule has 0 heterocycles. The lowest BCUT2D eigenvalue weighted by Crippen LogP contribution is -2.43. The van der Waals surface area contributed by atoms with E-state index in [9.17, 15) is 13.2 Å². The Morgan fingerprint density at radius 1 is 1.28 bits per heavy atom. The van der Waals surface area contributed by atoms with E-state index in [1.807, 2.05) is 34.6 Å². The standard InChI is InChI=1S/C12H25NO4S/c1-9(2)8-10(11(14)15)13-18(16,17)7-6-12(3,4)5/h9-10,13H,6-8H2,1-5H3,(H,14,15)/t10-/m1/s1. The quantitative estimate of drug-likeness (QED) is 0.745. The summed E-state index contributed by atoms with van der Waals surface area (Å²) in [6.45, 7) is 9.57. The Morgan fingerprint density at radius 2 is 1.78 bits per heavy atom. The average molecular weight is 279 g/mol. The molecular weight excluding hydrogens is 254 g/mol. The Balaban J connectivity index is 4.57. The molecule has 108 valence electrons. The van der Waals surface area contributed by atoms with E-state index in [0.717, 1.165) is 0 Å². The van der Waals surface area contributed by atoms with Gasteiger partial charge in [-0.15, -0.1) is 0 Å². The number of nitrogens with one attached hydrogen (secondary N) is 1. The van der Waals surface area contributed by atoms with Crippen LogP contribution < -0.4 is 4.72 Å². The fourth-order valence-electron chi connectivity index (χ4n) is 1.39. The molecule has 2 N–H and O–H groups in total. The van der Waals surface area contributed by atoms with Crippen molar-refractivity contribution in [3.8, 4) is 0 Å². The molecule has 0 aromatic heterocycles. The first-order chi connectivity index (χ1) is 7.93. The molecule has 1 atom stereocenters. The zero-order valence-corrected chi connectivity index (χ0v) is 12.7. The normalized spacial score (nSPS) is 14.8. The van der Waals surface area contributed by atoms with E-state index >= 15 is 0 Å². The smallest absolute Gasteiger partial charge is 0.321 e. The van der Waals surface area contributed by atoms with Crippen LogP contribution in [0.5, 0.6) is 0 Å². The Hall–Kier alpha value is -0.620. The second kappa shape index (κ2) is 6.52. The van der Waals surface area contributed by atoms with Crippen molar-refractivity contribution < 1.29 is 18.3 Å². The fourth-order valence-corrected chi connectivity index (χ4v) is 3.02. The number of aliphatic carboxylic acids is 1. The first-order valence-electron chi connectivity index (χ1n) is 6.16. The number of carbonyl (C=O) groups is 1. The summed E-state index contributed by atoms with van der Waals surface area (Å²) < 4.78 is 25.9.